The van der Waals surface area contributed by atoms with Gasteiger partial charge in [0.1, 0.15) is 17.8 Å². The molecule has 0 bridgehead atoms. The van der Waals surface area contributed by atoms with Gasteiger partial charge in [0.05, 0.1) is 11.3 Å². The van der Waals surface area contributed by atoms with Crippen molar-refractivity contribution in [3.05, 3.63) is 77.6 Å². The molecule has 6 rings (SSSR count). The maximum Gasteiger partial charge on any atom is 0.301 e. The Kier molecular flexibility index (Phi) is 7.74. The zero-order chi connectivity index (χ0) is 30.3. The summed E-state index contributed by atoms with van der Waals surface area (Å²) in [6.45, 7) is 3.66. The molecule has 4 heterocycles. The predicted molar refractivity (Wildman–Crippen MR) is 160 cm³/mol. The number of benzene rings is 2. The first-order valence-electron chi connectivity index (χ1n) is 14.3. The van der Waals surface area contributed by atoms with E-state index in [-0.39, 0.29) is 17.5 Å². The molecular weight excluding hydrogens is 576 g/mol. The summed E-state index contributed by atoms with van der Waals surface area (Å²) in [5.41, 5.74) is 1.59. The van der Waals surface area contributed by atoms with Gasteiger partial charge in [-0.15, -0.1) is 0 Å². The van der Waals surface area contributed by atoms with Crippen molar-refractivity contribution < 1.29 is 26.8 Å². The molecule has 2 N–H and O–H groups in total. The zero-order valence-corrected chi connectivity index (χ0v) is 24.3. The van der Waals surface area contributed by atoms with Crippen LogP contribution in [0, 0.1) is 17.6 Å². The van der Waals surface area contributed by atoms with E-state index < -0.39 is 38.9 Å². The molecule has 2 aromatic heterocycles. The second-order valence-electron chi connectivity index (χ2n) is 11.2. The third-order valence-electron chi connectivity index (χ3n) is 8.43. The summed E-state index contributed by atoms with van der Waals surface area (Å²) < 4.78 is 59.8. The number of aldehydes is 1. The Balaban J connectivity index is 1.28. The van der Waals surface area contributed by atoms with Gasteiger partial charge in [0, 0.05) is 66.2 Å². The van der Waals surface area contributed by atoms with Crippen LogP contribution in [0.2, 0.25) is 0 Å². The van der Waals surface area contributed by atoms with Crippen LogP contribution in [-0.2, 0) is 15.0 Å². The van der Waals surface area contributed by atoms with E-state index >= 15 is 4.39 Å². The summed E-state index contributed by atoms with van der Waals surface area (Å²) in [6, 6.07) is 11.2. The number of H-pyrrole nitrogens is 1. The molecule has 0 saturated carbocycles. The van der Waals surface area contributed by atoms with Crippen molar-refractivity contribution in [3.8, 4) is 11.1 Å². The summed E-state index contributed by atoms with van der Waals surface area (Å²) in [7, 11) is -4.10. The minimum atomic E-state index is -4.10. The average Bonchev–Trinajstić information content (AvgIpc) is 3.65. The molecule has 2 saturated heterocycles. The van der Waals surface area contributed by atoms with Crippen LogP contribution in [0.25, 0.3) is 22.2 Å². The van der Waals surface area contributed by atoms with Crippen LogP contribution < -0.4 is 9.62 Å². The molecule has 43 heavy (non-hydrogen) atoms. The number of fused-ring (bicyclic) bond motifs is 1. The molecular formula is C31H31F2N5O4S. The van der Waals surface area contributed by atoms with E-state index in [0.29, 0.717) is 36.0 Å². The molecule has 4 aromatic rings. The summed E-state index contributed by atoms with van der Waals surface area (Å²) in [4.78, 5) is 34.2. The van der Waals surface area contributed by atoms with E-state index in [1.54, 1.807) is 19.2 Å². The molecule has 2 aliphatic rings. The number of halogens is 2. The topological polar surface area (TPSA) is 115 Å². The van der Waals surface area contributed by atoms with E-state index in [1.165, 1.54) is 10.5 Å². The van der Waals surface area contributed by atoms with Gasteiger partial charge in [0.2, 0.25) is 5.78 Å². The zero-order valence-electron chi connectivity index (χ0n) is 23.5. The minimum absolute atomic E-state index is 0.00462. The maximum absolute atomic E-state index is 15.6. The Hall–Kier alpha value is -4.16. The lowest BCUT2D eigenvalue weighted by Gasteiger charge is -2.31. The lowest BCUT2D eigenvalue weighted by atomic mass is 9.97. The van der Waals surface area contributed by atoms with Gasteiger partial charge in [0.15, 0.2) is 5.82 Å². The van der Waals surface area contributed by atoms with Crippen LogP contribution in [-0.4, -0.2) is 60.4 Å². The predicted octanol–water partition coefficient (Wildman–Crippen LogP) is 5.30. The van der Waals surface area contributed by atoms with E-state index in [1.807, 2.05) is 24.3 Å². The molecule has 2 fully saturated rings. The van der Waals surface area contributed by atoms with Gasteiger partial charge in [-0.2, -0.15) is 12.7 Å². The number of carbonyl (C=O) groups excluding carboxylic acids is 2. The Morgan fingerprint density at radius 1 is 1.05 bits per heavy atom. The van der Waals surface area contributed by atoms with Gasteiger partial charge in [-0.3, -0.25) is 9.52 Å². The quantitative estimate of drug-likeness (QED) is 0.208. The first-order chi connectivity index (χ1) is 20.7. The molecule has 0 aliphatic carbocycles. The highest BCUT2D eigenvalue weighted by Crippen LogP contribution is 2.32. The number of nitrogens with one attached hydrogen (secondary N) is 2. The third-order valence-corrected chi connectivity index (χ3v) is 10.1. The van der Waals surface area contributed by atoms with Crippen molar-refractivity contribution in [1.82, 2.24) is 14.3 Å². The summed E-state index contributed by atoms with van der Waals surface area (Å²) in [6.07, 6.45) is 7.03. The second-order valence-corrected chi connectivity index (χ2v) is 12.8. The molecule has 1 unspecified atom stereocenters. The van der Waals surface area contributed by atoms with Crippen LogP contribution >= 0.6 is 0 Å². The summed E-state index contributed by atoms with van der Waals surface area (Å²) in [5.74, 6) is -3.22. The molecule has 0 amide bonds. The lowest BCUT2D eigenvalue weighted by molar-refractivity contribution is -0.111. The molecule has 9 nitrogen and oxygen atoms in total. The lowest BCUT2D eigenvalue weighted by Crippen LogP contribution is -2.38. The largest absolute Gasteiger partial charge is 0.371 e. The molecule has 2 aliphatic heterocycles. The fourth-order valence-corrected chi connectivity index (χ4v) is 7.44. The number of rotatable bonds is 8. The van der Waals surface area contributed by atoms with Crippen LogP contribution in [0.1, 0.15) is 48.5 Å². The van der Waals surface area contributed by atoms with Gasteiger partial charge in [0.25, 0.3) is 0 Å². The summed E-state index contributed by atoms with van der Waals surface area (Å²) >= 11 is 0. The van der Waals surface area contributed by atoms with E-state index in [2.05, 4.69) is 19.6 Å². The highest BCUT2D eigenvalue weighted by Gasteiger charge is 2.33. The van der Waals surface area contributed by atoms with Crippen molar-refractivity contribution in [2.75, 3.05) is 29.3 Å². The van der Waals surface area contributed by atoms with Crippen molar-refractivity contribution in [2.45, 2.75) is 38.6 Å². The number of hydrogen-bond acceptors (Lipinski definition) is 6. The second kappa shape index (κ2) is 11.5. The Morgan fingerprint density at radius 3 is 2.47 bits per heavy atom. The normalized spacial score (nSPS) is 18.3. The number of aromatic amines is 1. The maximum atomic E-state index is 15.6. The molecule has 1 atom stereocenters. The number of nitrogens with zero attached hydrogens (tertiary/aromatic N) is 3. The van der Waals surface area contributed by atoms with Crippen molar-refractivity contribution >= 4 is 44.7 Å². The average molecular weight is 608 g/mol. The van der Waals surface area contributed by atoms with Gasteiger partial charge < -0.3 is 14.7 Å². The van der Waals surface area contributed by atoms with Gasteiger partial charge >= 0.3 is 10.2 Å². The fraction of sp³-hybridized carbons (Fsp3) is 0.323. The minimum Gasteiger partial charge on any atom is -0.371 e. The van der Waals surface area contributed by atoms with Crippen LogP contribution in [0.15, 0.2) is 54.9 Å². The van der Waals surface area contributed by atoms with E-state index in [0.717, 1.165) is 55.6 Å². The smallest absolute Gasteiger partial charge is 0.301 e. The molecule has 0 spiro atoms. The van der Waals surface area contributed by atoms with Crippen LogP contribution in [0.4, 0.5) is 20.2 Å². The van der Waals surface area contributed by atoms with Crippen LogP contribution in [0.3, 0.4) is 0 Å². The number of hydrogen-bond donors (Lipinski definition) is 2. The Bertz CT molecular complexity index is 1800. The molecule has 0 radical (unpaired) electrons. The fourth-order valence-electron chi connectivity index (χ4n) is 5.94. The number of ketones is 1. The number of pyridine rings is 1. The first-order valence-corrected chi connectivity index (χ1v) is 15.7. The molecule has 12 heteroatoms. The monoisotopic (exact) mass is 607 g/mol. The Labute approximate surface area is 248 Å². The highest BCUT2D eigenvalue weighted by atomic mass is 32.2. The number of aromatic nitrogens is 2. The number of piperidine rings is 1. The molecule has 2 aromatic carbocycles. The molecule has 224 valence electrons. The van der Waals surface area contributed by atoms with Gasteiger partial charge in [-0.05, 0) is 68.5 Å². The first kappa shape index (κ1) is 28.9. The number of carbonyl (C=O) groups is 2. The standard InChI is InChI=1S/C31H31F2N5O4S/c1-19-3-2-12-38(19)43(41,42)36-27-9-8-26(32)28(29(27)33)30(40)25-17-35-31-24(25)15-22(16-34-31)21-4-6-23(7-5-21)37-13-10-20(18-39)11-14-37/h4-9,15-20,36H,2-3,10-14H2,1H3,(H,34,35). The number of anilines is 2. The van der Waals surface area contributed by atoms with Crippen molar-refractivity contribution in [3.63, 3.8) is 0 Å². The SMILES string of the molecule is CC1CCCN1S(=O)(=O)Nc1ccc(F)c(C(=O)c2c[nH]c3ncc(-c4ccc(N5CCC(C=O)CC5)cc4)cc23)c1F. The van der Waals surface area contributed by atoms with Gasteiger partial charge in [-0.1, -0.05) is 12.1 Å². The Morgan fingerprint density at radius 2 is 1.79 bits per heavy atom. The van der Waals surface area contributed by atoms with E-state index in [4.69, 9.17) is 0 Å². The van der Waals surface area contributed by atoms with E-state index in [9.17, 15) is 22.4 Å². The summed E-state index contributed by atoms with van der Waals surface area (Å²) in [5, 5.41) is 0.373. The van der Waals surface area contributed by atoms with Crippen molar-refractivity contribution in [1.29, 1.82) is 0 Å². The van der Waals surface area contributed by atoms with Crippen LogP contribution in [0.5, 0.6) is 0 Å². The van der Waals surface area contributed by atoms with Crippen molar-refractivity contribution in [2.24, 2.45) is 5.92 Å². The van der Waals surface area contributed by atoms with Gasteiger partial charge in [-0.25, -0.2) is 13.8 Å². The highest BCUT2D eigenvalue weighted by molar-refractivity contribution is 7.90. The third kappa shape index (κ3) is 5.52.